The smallest absolute Gasteiger partial charge is 0.257 e. The van der Waals surface area contributed by atoms with Crippen molar-refractivity contribution in [1.29, 1.82) is 0 Å². The summed E-state index contributed by atoms with van der Waals surface area (Å²) in [5.74, 6) is 0.607. The van der Waals surface area contributed by atoms with E-state index in [0.717, 1.165) is 33.1 Å². The first-order valence-electron chi connectivity index (χ1n) is 9.80. The molecule has 30 heavy (non-hydrogen) atoms. The Balaban J connectivity index is 1.50. The molecule has 152 valence electrons. The molecule has 0 bridgehead atoms. The van der Waals surface area contributed by atoms with Gasteiger partial charge in [0.05, 0.1) is 22.5 Å². The Hall–Kier alpha value is -3.19. The standard InChI is InChI=1S/C23H23N5OS/c1-15(2)28-22-18(13-25-28)12-20(16(3)26-22)23(29)27-19-8-6-7-17(11-19)14-30-21-9-4-5-10-24-21/h4-13,15H,14H2,1-3H3,(H,27,29). The summed E-state index contributed by atoms with van der Waals surface area (Å²) in [5.41, 5.74) is 3.92. The van der Waals surface area contributed by atoms with Crippen LogP contribution < -0.4 is 5.32 Å². The molecular formula is C23H23N5OS. The molecule has 0 aliphatic carbocycles. The fourth-order valence-electron chi connectivity index (χ4n) is 3.20. The van der Waals surface area contributed by atoms with Crippen molar-refractivity contribution in [3.63, 3.8) is 0 Å². The van der Waals surface area contributed by atoms with Gasteiger partial charge in [0.25, 0.3) is 5.91 Å². The van der Waals surface area contributed by atoms with Crippen LogP contribution in [0.5, 0.6) is 0 Å². The molecule has 7 heteroatoms. The zero-order valence-corrected chi connectivity index (χ0v) is 18.0. The zero-order chi connectivity index (χ0) is 21.1. The molecule has 0 atom stereocenters. The summed E-state index contributed by atoms with van der Waals surface area (Å²) < 4.78 is 1.87. The Morgan fingerprint density at radius 2 is 2.03 bits per heavy atom. The Labute approximate surface area is 179 Å². The number of rotatable bonds is 6. The maximum atomic E-state index is 12.9. The predicted molar refractivity (Wildman–Crippen MR) is 121 cm³/mol. The minimum absolute atomic E-state index is 0.172. The molecule has 0 unspecified atom stereocenters. The van der Waals surface area contributed by atoms with E-state index in [9.17, 15) is 4.79 Å². The van der Waals surface area contributed by atoms with Gasteiger partial charge >= 0.3 is 0 Å². The molecule has 1 amide bonds. The van der Waals surface area contributed by atoms with E-state index in [4.69, 9.17) is 0 Å². The highest BCUT2D eigenvalue weighted by molar-refractivity contribution is 7.98. The van der Waals surface area contributed by atoms with Crippen LogP contribution in [0.15, 0.2) is 66.0 Å². The number of aromatic nitrogens is 4. The molecule has 0 fully saturated rings. The molecule has 0 spiro atoms. The molecule has 4 rings (SSSR count). The monoisotopic (exact) mass is 417 g/mol. The van der Waals surface area contributed by atoms with Crippen molar-refractivity contribution in [3.05, 3.63) is 77.7 Å². The number of pyridine rings is 2. The van der Waals surface area contributed by atoms with Crippen LogP contribution in [-0.4, -0.2) is 25.7 Å². The molecule has 0 saturated heterocycles. The number of hydrogen-bond acceptors (Lipinski definition) is 5. The maximum Gasteiger partial charge on any atom is 0.257 e. The first kappa shape index (κ1) is 20.1. The van der Waals surface area contributed by atoms with Gasteiger partial charge in [-0.15, -0.1) is 11.8 Å². The van der Waals surface area contributed by atoms with E-state index in [1.54, 1.807) is 24.2 Å². The molecule has 6 nitrogen and oxygen atoms in total. The van der Waals surface area contributed by atoms with Gasteiger partial charge in [0.2, 0.25) is 0 Å². The van der Waals surface area contributed by atoms with Crippen molar-refractivity contribution in [2.75, 3.05) is 5.32 Å². The largest absolute Gasteiger partial charge is 0.322 e. The van der Waals surface area contributed by atoms with Crippen LogP contribution in [-0.2, 0) is 5.75 Å². The lowest BCUT2D eigenvalue weighted by atomic mass is 10.1. The SMILES string of the molecule is Cc1nc2c(cnn2C(C)C)cc1C(=O)Nc1cccc(CSc2ccccn2)c1. The van der Waals surface area contributed by atoms with Gasteiger partial charge in [-0.3, -0.25) is 4.79 Å². The van der Waals surface area contributed by atoms with Crippen molar-refractivity contribution in [2.45, 2.75) is 37.6 Å². The highest BCUT2D eigenvalue weighted by atomic mass is 32.2. The number of nitrogens with one attached hydrogen (secondary N) is 1. The summed E-state index contributed by atoms with van der Waals surface area (Å²) in [6.07, 6.45) is 3.55. The van der Waals surface area contributed by atoms with E-state index >= 15 is 0 Å². The zero-order valence-electron chi connectivity index (χ0n) is 17.2. The first-order valence-corrected chi connectivity index (χ1v) is 10.8. The van der Waals surface area contributed by atoms with Crippen molar-refractivity contribution < 1.29 is 4.79 Å². The van der Waals surface area contributed by atoms with Crippen LogP contribution in [0.4, 0.5) is 5.69 Å². The average Bonchev–Trinajstić information content (AvgIpc) is 3.15. The van der Waals surface area contributed by atoms with Gasteiger partial charge in [0.1, 0.15) is 0 Å². The summed E-state index contributed by atoms with van der Waals surface area (Å²) in [7, 11) is 0. The molecule has 1 N–H and O–H groups in total. The molecule has 0 saturated carbocycles. The van der Waals surface area contributed by atoms with Crippen LogP contribution >= 0.6 is 11.8 Å². The highest BCUT2D eigenvalue weighted by Gasteiger charge is 2.15. The Morgan fingerprint density at radius 3 is 2.80 bits per heavy atom. The van der Waals surface area contributed by atoms with Crippen molar-refractivity contribution in [1.82, 2.24) is 19.7 Å². The third-order valence-corrected chi connectivity index (χ3v) is 5.72. The molecule has 0 aliphatic heterocycles. The molecular weight excluding hydrogens is 394 g/mol. The quantitative estimate of drug-likeness (QED) is 0.433. The number of amides is 1. The van der Waals surface area contributed by atoms with Crippen molar-refractivity contribution >= 4 is 34.4 Å². The molecule has 0 radical (unpaired) electrons. The third-order valence-electron chi connectivity index (χ3n) is 4.70. The van der Waals surface area contributed by atoms with Gasteiger partial charge in [-0.25, -0.2) is 14.6 Å². The van der Waals surface area contributed by atoms with Crippen LogP contribution in [0.2, 0.25) is 0 Å². The van der Waals surface area contributed by atoms with Crippen molar-refractivity contribution in [3.8, 4) is 0 Å². The topological polar surface area (TPSA) is 72.7 Å². The number of hydrogen-bond donors (Lipinski definition) is 1. The number of carbonyl (C=O) groups excluding carboxylic acids is 1. The highest BCUT2D eigenvalue weighted by Crippen LogP contribution is 2.23. The Kier molecular flexibility index (Phi) is 5.81. The molecule has 3 heterocycles. The second-order valence-electron chi connectivity index (χ2n) is 7.33. The van der Waals surface area contributed by atoms with Crippen molar-refractivity contribution in [2.24, 2.45) is 0 Å². The lowest BCUT2D eigenvalue weighted by Gasteiger charge is -2.11. The van der Waals surface area contributed by atoms with E-state index in [1.807, 2.05) is 60.1 Å². The third kappa shape index (κ3) is 4.36. The average molecular weight is 418 g/mol. The maximum absolute atomic E-state index is 12.9. The second-order valence-corrected chi connectivity index (χ2v) is 8.32. The lowest BCUT2D eigenvalue weighted by Crippen LogP contribution is -2.14. The van der Waals surface area contributed by atoms with Gasteiger partial charge in [-0.2, -0.15) is 5.10 Å². The van der Waals surface area contributed by atoms with Crippen LogP contribution in [0.3, 0.4) is 0 Å². The van der Waals surface area contributed by atoms with E-state index in [1.165, 1.54) is 0 Å². The number of fused-ring (bicyclic) bond motifs is 1. The number of thioether (sulfide) groups is 1. The minimum atomic E-state index is -0.172. The van der Waals surface area contributed by atoms with Gasteiger partial charge in [-0.05, 0) is 56.7 Å². The molecule has 4 aromatic rings. The molecule has 3 aromatic heterocycles. The Morgan fingerprint density at radius 1 is 1.17 bits per heavy atom. The number of nitrogens with zero attached hydrogens (tertiary/aromatic N) is 4. The van der Waals surface area contributed by atoms with Gasteiger partial charge < -0.3 is 5.32 Å². The van der Waals surface area contributed by atoms with E-state index < -0.39 is 0 Å². The van der Waals surface area contributed by atoms with E-state index in [0.29, 0.717) is 11.3 Å². The molecule has 0 aliphatic rings. The predicted octanol–water partition coefficient (Wildman–Crippen LogP) is 5.26. The summed E-state index contributed by atoms with van der Waals surface area (Å²) >= 11 is 1.66. The number of benzene rings is 1. The normalized spacial score (nSPS) is 11.2. The van der Waals surface area contributed by atoms with Crippen LogP contribution in [0, 0.1) is 6.92 Å². The fourth-order valence-corrected chi connectivity index (χ4v) is 4.00. The number of carbonyl (C=O) groups is 1. The van der Waals surface area contributed by atoms with Crippen LogP contribution in [0.25, 0.3) is 11.0 Å². The Bertz CT molecular complexity index is 1190. The number of aryl methyl sites for hydroxylation is 1. The fraction of sp³-hybridized carbons (Fsp3) is 0.217. The second kappa shape index (κ2) is 8.67. The van der Waals surface area contributed by atoms with Gasteiger partial charge in [-0.1, -0.05) is 18.2 Å². The minimum Gasteiger partial charge on any atom is -0.322 e. The van der Waals surface area contributed by atoms with E-state index in [-0.39, 0.29) is 11.9 Å². The van der Waals surface area contributed by atoms with Gasteiger partial charge in [0.15, 0.2) is 5.65 Å². The van der Waals surface area contributed by atoms with Crippen LogP contribution in [0.1, 0.15) is 41.5 Å². The van der Waals surface area contributed by atoms with E-state index in [2.05, 4.69) is 34.2 Å². The number of anilines is 1. The lowest BCUT2D eigenvalue weighted by molar-refractivity contribution is 0.102. The summed E-state index contributed by atoms with van der Waals surface area (Å²) in [5, 5.41) is 9.23. The summed E-state index contributed by atoms with van der Waals surface area (Å²) in [4.78, 5) is 21.9. The first-order chi connectivity index (χ1) is 14.5. The molecule has 1 aromatic carbocycles. The summed E-state index contributed by atoms with van der Waals surface area (Å²) in [6, 6.07) is 15.8. The summed E-state index contributed by atoms with van der Waals surface area (Å²) in [6.45, 7) is 5.97. The van der Waals surface area contributed by atoms with Gasteiger partial charge in [0, 0.05) is 29.1 Å².